The molecule has 3 atom stereocenters. The first-order valence-corrected chi connectivity index (χ1v) is 8.08. The van der Waals surface area contributed by atoms with Gasteiger partial charge in [-0.1, -0.05) is 12.1 Å². The third-order valence-electron chi connectivity index (χ3n) is 3.04. The quantitative estimate of drug-likeness (QED) is 0.313. The standard InChI is InChI=1S/C7H5NO3S.C6H12O6/c9-7-5-3-1-2-4-6(5)12(10,11)8-7;7-1-3(9)5(11)6(12)4(10)2-8/h1-4H,(H,8,9);3,5-9,11-12H,1-2H2. The van der Waals surface area contributed by atoms with E-state index in [2.05, 4.69) is 0 Å². The van der Waals surface area contributed by atoms with Crippen molar-refractivity contribution in [2.75, 3.05) is 13.2 Å². The maximum absolute atomic E-state index is 11.1. The topological polar surface area (TPSA) is 181 Å². The van der Waals surface area contributed by atoms with Gasteiger partial charge in [-0.25, -0.2) is 13.1 Å². The van der Waals surface area contributed by atoms with Crippen LogP contribution in [-0.4, -0.2) is 77.2 Å². The number of sulfonamides is 1. The van der Waals surface area contributed by atoms with Crippen LogP contribution in [0.1, 0.15) is 10.4 Å². The second kappa shape index (κ2) is 8.28. The molecule has 0 aliphatic carbocycles. The van der Waals surface area contributed by atoms with Crippen molar-refractivity contribution >= 4 is 21.7 Å². The number of Topliss-reactive ketones (excluding diaryl/α,β-unsaturated/α-hetero) is 1. The highest BCUT2D eigenvalue weighted by molar-refractivity contribution is 7.90. The van der Waals surface area contributed by atoms with Gasteiger partial charge in [-0.05, 0) is 12.1 Å². The number of carbonyl (C=O) groups excluding carboxylic acids is 2. The van der Waals surface area contributed by atoms with Gasteiger partial charge in [-0.2, -0.15) is 0 Å². The summed E-state index contributed by atoms with van der Waals surface area (Å²) < 4.78 is 24.2. The Hall–Kier alpha value is -1.89. The minimum Gasteiger partial charge on any atom is -0.394 e. The van der Waals surface area contributed by atoms with Crippen LogP contribution < -0.4 is 4.72 Å². The first-order valence-electron chi connectivity index (χ1n) is 6.60. The number of fused-ring (bicyclic) bond motifs is 1. The molecule has 0 bridgehead atoms. The number of rotatable bonds is 5. The number of nitrogens with one attached hydrogen (secondary N) is 1. The number of aliphatic hydroxyl groups excluding tert-OH is 5. The Balaban J connectivity index is 0.000000240. The summed E-state index contributed by atoms with van der Waals surface area (Å²) in [5, 5.41) is 43.1. The molecule has 0 saturated heterocycles. The molecule has 0 aromatic heterocycles. The first-order chi connectivity index (χ1) is 11.2. The molecule has 6 N–H and O–H groups in total. The lowest BCUT2D eigenvalue weighted by Gasteiger charge is -2.19. The van der Waals surface area contributed by atoms with Crippen molar-refractivity contribution in [2.45, 2.75) is 23.2 Å². The molecule has 0 spiro atoms. The molecule has 1 amide bonds. The van der Waals surface area contributed by atoms with Gasteiger partial charge in [-0.3, -0.25) is 9.59 Å². The molecule has 3 unspecified atom stereocenters. The van der Waals surface area contributed by atoms with Gasteiger partial charge in [0.05, 0.1) is 12.2 Å². The average molecular weight is 363 g/mol. The summed E-state index contributed by atoms with van der Waals surface area (Å²) in [7, 11) is -3.55. The van der Waals surface area contributed by atoms with Crippen molar-refractivity contribution < 1.29 is 43.5 Å². The summed E-state index contributed by atoms with van der Waals surface area (Å²) in [6.07, 6.45) is -5.22. The SMILES string of the molecule is O=C(CO)C(O)C(O)C(O)CO.O=C1NS(=O)(=O)c2ccccc21. The molecular weight excluding hydrogens is 346 g/mol. The molecule has 1 aliphatic rings. The van der Waals surface area contributed by atoms with Gasteiger partial charge in [0.25, 0.3) is 15.9 Å². The number of hydrogen-bond acceptors (Lipinski definition) is 9. The molecule has 2 rings (SSSR count). The van der Waals surface area contributed by atoms with Crippen LogP contribution in [-0.2, 0) is 14.8 Å². The largest absolute Gasteiger partial charge is 0.394 e. The second-order valence-electron chi connectivity index (χ2n) is 4.74. The second-order valence-corrected chi connectivity index (χ2v) is 6.39. The third kappa shape index (κ3) is 4.56. The van der Waals surface area contributed by atoms with Gasteiger partial charge in [0.1, 0.15) is 29.8 Å². The maximum atomic E-state index is 11.1. The van der Waals surface area contributed by atoms with Gasteiger partial charge in [0.15, 0.2) is 5.78 Å². The summed E-state index contributed by atoms with van der Waals surface area (Å²) in [6.45, 7) is -1.69. The fourth-order valence-corrected chi connectivity index (χ4v) is 2.89. The van der Waals surface area contributed by atoms with E-state index in [0.29, 0.717) is 0 Å². The Labute approximate surface area is 137 Å². The van der Waals surface area contributed by atoms with E-state index in [1.165, 1.54) is 12.1 Å². The molecule has 0 fully saturated rings. The summed E-state index contributed by atoms with van der Waals surface area (Å²) in [4.78, 5) is 21.6. The minimum absolute atomic E-state index is 0.0648. The summed E-state index contributed by atoms with van der Waals surface area (Å²) in [5.74, 6) is -1.55. The van der Waals surface area contributed by atoms with E-state index in [0.717, 1.165) is 0 Å². The van der Waals surface area contributed by atoms with Crippen LogP contribution in [0.3, 0.4) is 0 Å². The maximum Gasteiger partial charge on any atom is 0.266 e. The van der Waals surface area contributed by atoms with Crippen molar-refractivity contribution in [1.82, 2.24) is 4.72 Å². The van der Waals surface area contributed by atoms with Crippen molar-refractivity contribution in [1.29, 1.82) is 0 Å². The molecule has 1 aromatic carbocycles. The summed E-state index contributed by atoms with van der Waals surface area (Å²) in [5.41, 5.74) is 0.220. The van der Waals surface area contributed by atoms with Crippen molar-refractivity contribution in [2.24, 2.45) is 0 Å². The van der Waals surface area contributed by atoms with Crippen LogP contribution in [0.2, 0.25) is 0 Å². The molecule has 0 radical (unpaired) electrons. The highest BCUT2D eigenvalue weighted by Gasteiger charge is 2.31. The van der Waals surface area contributed by atoms with Gasteiger partial charge in [-0.15, -0.1) is 0 Å². The van der Waals surface area contributed by atoms with Crippen molar-refractivity contribution in [3.05, 3.63) is 29.8 Å². The zero-order valence-electron chi connectivity index (χ0n) is 12.2. The average Bonchev–Trinajstić information content (AvgIpc) is 2.82. The first kappa shape index (κ1) is 20.2. The van der Waals surface area contributed by atoms with E-state index < -0.39 is 53.2 Å². The summed E-state index contributed by atoms with van der Waals surface area (Å²) in [6, 6.07) is 6.09. The lowest BCUT2D eigenvalue weighted by molar-refractivity contribution is -0.142. The Morgan fingerprint density at radius 3 is 2.21 bits per heavy atom. The van der Waals surface area contributed by atoms with E-state index >= 15 is 0 Å². The van der Waals surface area contributed by atoms with Gasteiger partial charge < -0.3 is 25.5 Å². The molecule has 1 aromatic rings. The van der Waals surface area contributed by atoms with Crippen LogP contribution >= 0.6 is 0 Å². The van der Waals surface area contributed by atoms with Crippen molar-refractivity contribution in [3.8, 4) is 0 Å². The fourth-order valence-electron chi connectivity index (χ4n) is 1.72. The zero-order valence-corrected chi connectivity index (χ0v) is 13.0. The molecule has 11 heteroatoms. The van der Waals surface area contributed by atoms with Crippen LogP contribution in [0, 0.1) is 0 Å². The highest BCUT2D eigenvalue weighted by Crippen LogP contribution is 2.20. The molecule has 24 heavy (non-hydrogen) atoms. The fraction of sp³-hybridized carbons (Fsp3) is 0.385. The molecule has 1 aliphatic heterocycles. The van der Waals surface area contributed by atoms with Crippen LogP contribution in [0.15, 0.2) is 29.2 Å². The molecule has 1 heterocycles. The van der Waals surface area contributed by atoms with Crippen LogP contribution in [0.25, 0.3) is 0 Å². The Bertz CT molecular complexity index is 703. The normalized spacial score (nSPS) is 18.5. The van der Waals surface area contributed by atoms with Crippen molar-refractivity contribution in [3.63, 3.8) is 0 Å². The predicted molar refractivity (Wildman–Crippen MR) is 78.3 cm³/mol. The summed E-state index contributed by atoms with van der Waals surface area (Å²) >= 11 is 0. The Morgan fingerprint density at radius 2 is 1.71 bits per heavy atom. The van der Waals surface area contributed by atoms with E-state index in [4.69, 9.17) is 25.5 Å². The third-order valence-corrected chi connectivity index (χ3v) is 4.43. The van der Waals surface area contributed by atoms with E-state index in [1.807, 2.05) is 4.72 Å². The molecule has 10 nitrogen and oxygen atoms in total. The number of amides is 1. The van der Waals surface area contributed by atoms with Gasteiger partial charge in [0, 0.05) is 0 Å². The van der Waals surface area contributed by atoms with Crippen LogP contribution in [0.5, 0.6) is 0 Å². The Kier molecular flexibility index (Phi) is 6.95. The minimum atomic E-state index is -3.55. The Morgan fingerprint density at radius 1 is 1.12 bits per heavy atom. The molecular formula is C13H17NO9S. The van der Waals surface area contributed by atoms with E-state index in [9.17, 15) is 18.0 Å². The number of hydrogen-bond donors (Lipinski definition) is 6. The van der Waals surface area contributed by atoms with E-state index in [1.54, 1.807) is 12.1 Å². The number of benzene rings is 1. The van der Waals surface area contributed by atoms with Gasteiger partial charge in [0.2, 0.25) is 0 Å². The molecule has 0 saturated carbocycles. The van der Waals surface area contributed by atoms with E-state index in [-0.39, 0.29) is 10.5 Å². The van der Waals surface area contributed by atoms with Gasteiger partial charge >= 0.3 is 0 Å². The highest BCUT2D eigenvalue weighted by atomic mass is 32.2. The lowest BCUT2D eigenvalue weighted by atomic mass is 10.1. The number of ketones is 1. The monoisotopic (exact) mass is 363 g/mol. The lowest BCUT2D eigenvalue weighted by Crippen LogP contribution is -2.44. The zero-order chi connectivity index (χ0) is 18.5. The molecule has 134 valence electrons. The smallest absolute Gasteiger partial charge is 0.266 e. The van der Waals surface area contributed by atoms with Crippen LogP contribution in [0.4, 0.5) is 0 Å². The predicted octanol–water partition coefficient (Wildman–Crippen LogP) is -3.26. The number of aliphatic hydroxyl groups is 5. The number of carbonyl (C=O) groups is 2.